The first-order chi connectivity index (χ1) is 10.5. The number of aliphatic hydroxyl groups excluding tert-OH is 1. The Labute approximate surface area is 130 Å². The maximum Gasteiger partial charge on any atom is 0.334 e. The average molecular weight is 306 g/mol. The second-order valence-electron chi connectivity index (χ2n) is 5.70. The molecule has 1 saturated heterocycles. The van der Waals surface area contributed by atoms with Crippen molar-refractivity contribution in [3.05, 3.63) is 35.5 Å². The Morgan fingerprint density at radius 3 is 2.91 bits per heavy atom. The molecule has 0 spiro atoms. The standard InChI is InChI=1S/C17H22O5/c1-11-15-7-6-13(9-18)4-3-5-14(10-21-12(2)19)8-16(15)22-17(11)20/h4,8,15-16,18H,1,3,5-7,9-10H2,2H3/b13-4+,14-8-/t15-,16-/m0/s1. The SMILES string of the molecule is C=C1C(=O)O[C@H]2/C=C(\COC(C)=O)CC/C=C(/CO)CC[C@@H]12. The Hall–Kier alpha value is -1.88. The maximum atomic E-state index is 11.8. The second-order valence-corrected chi connectivity index (χ2v) is 5.70. The summed E-state index contributed by atoms with van der Waals surface area (Å²) in [5.74, 6) is -0.798. The average Bonchev–Trinajstić information content (AvgIpc) is 2.75. The minimum absolute atomic E-state index is 0.0155. The molecule has 5 nitrogen and oxygen atoms in total. The molecule has 1 fully saturated rings. The number of hydrogen-bond donors (Lipinski definition) is 1. The molecule has 2 rings (SSSR count). The lowest BCUT2D eigenvalue weighted by molar-refractivity contribution is -0.140. The van der Waals surface area contributed by atoms with E-state index in [1.54, 1.807) is 0 Å². The molecule has 0 aromatic rings. The highest BCUT2D eigenvalue weighted by molar-refractivity contribution is 5.91. The number of allylic oxidation sites excluding steroid dienone is 1. The van der Waals surface area contributed by atoms with Gasteiger partial charge < -0.3 is 14.6 Å². The van der Waals surface area contributed by atoms with Crippen molar-refractivity contribution in [2.24, 2.45) is 5.92 Å². The van der Waals surface area contributed by atoms with E-state index in [9.17, 15) is 14.7 Å². The first kappa shape index (κ1) is 16.5. The van der Waals surface area contributed by atoms with E-state index in [4.69, 9.17) is 9.47 Å². The van der Waals surface area contributed by atoms with E-state index in [1.165, 1.54) is 6.92 Å². The minimum Gasteiger partial charge on any atom is -0.461 e. The third-order valence-corrected chi connectivity index (χ3v) is 4.09. The van der Waals surface area contributed by atoms with Crippen molar-refractivity contribution >= 4 is 11.9 Å². The molecular weight excluding hydrogens is 284 g/mol. The van der Waals surface area contributed by atoms with Crippen molar-refractivity contribution < 1.29 is 24.2 Å². The van der Waals surface area contributed by atoms with Crippen LogP contribution in [0.2, 0.25) is 0 Å². The summed E-state index contributed by atoms with van der Waals surface area (Å²) in [4.78, 5) is 22.8. The van der Waals surface area contributed by atoms with Crippen LogP contribution in [0.3, 0.4) is 0 Å². The molecule has 0 radical (unpaired) electrons. The quantitative estimate of drug-likeness (QED) is 0.491. The van der Waals surface area contributed by atoms with Crippen LogP contribution in [-0.2, 0) is 19.1 Å². The summed E-state index contributed by atoms with van der Waals surface area (Å²) in [6, 6.07) is 0. The molecule has 0 saturated carbocycles. The first-order valence-electron chi connectivity index (χ1n) is 7.52. The Bertz CT molecular complexity index is 529. The Kier molecular flexibility index (Phi) is 5.55. The van der Waals surface area contributed by atoms with Crippen LogP contribution in [0.1, 0.15) is 32.6 Å². The van der Waals surface area contributed by atoms with Gasteiger partial charge in [-0.2, -0.15) is 0 Å². The molecule has 0 aromatic carbocycles. The van der Waals surface area contributed by atoms with Crippen LogP contribution in [0.4, 0.5) is 0 Å². The molecule has 1 aliphatic carbocycles. The van der Waals surface area contributed by atoms with Gasteiger partial charge in [-0.1, -0.05) is 12.7 Å². The van der Waals surface area contributed by atoms with E-state index < -0.39 is 0 Å². The van der Waals surface area contributed by atoms with Crippen molar-refractivity contribution in [2.45, 2.75) is 38.7 Å². The second kappa shape index (κ2) is 7.40. The van der Waals surface area contributed by atoms with Gasteiger partial charge in [-0.3, -0.25) is 4.79 Å². The maximum absolute atomic E-state index is 11.8. The number of esters is 2. The van der Waals surface area contributed by atoms with E-state index in [0.717, 1.165) is 24.0 Å². The number of carbonyl (C=O) groups excluding carboxylic acids is 2. The molecular formula is C17H22O5. The van der Waals surface area contributed by atoms with Crippen LogP contribution in [0, 0.1) is 5.92 Å². The highest BCUT2D eigenvalue weighted by Gasteiger charge is 2.37. The molecule has 2 atom stereocenters. The predicted molar refractivity (Wildman–Crippen MR) is 80.9 cm³/mol. The van der Waals surface area contributed by atoms with Crippen LogP contribution in [0.15, 0.2) is 35.5 Å². The molecule has 22 heavy (non-hydrogen) atoms. The van der Waals surface area contributed by atoms with Gasteiger partial charge in [-0.05, 0) is 42.9 Å². The van der Waals surface area contributed by atoms with Gasteiger partial charge in [0.1, 0.15) is 12.7 Å². The van der Waals surface area contributed by atoms with E-state index in [2.05, 4.69) is 6.58 Å². The van der Waals surface area contributed by atoms with Gasteiger partial charge in [0.2, 0.25) is 0 Å². The van der Waals surface area contributed by atoms with Crippen molar-refractivity contribution in [1.82, 2.24) is 0 Å². The monoisotopic (exact) mass is 306 g/mol. The first-order valence-corrected chi connectivity index (χ1v) is 7.52. The zero-order chi connectivity index (χ0) is 16.1. The highest BCUT2D eigenvalue weighted by atomic mass is 16.6. The predicted octanol–water partition coefficient (Wildman–Crippen LogP) is 2.07. The number of aliphatic hydroxyl groups is 1. The van der Waals surface area contributed by atoms with Gasteiger partial charge in [0, 0.05) is 18.4 Å². The Balaban J connectivity index is 2.21. The van der Waals surface area contributed by atoms with E-state index in [0.29, 0.717) is 18.4 Å². The molecule has 1 aliphatic heterocycles. The molecule has 0 unspecified atom stereocenters. The number of carbonyl (C=O) groups is 2. The Morgan fingerprint density at radius 2 is 2.23 bits per heavy atom. The molecule has 1 heterocycles. The molecule has 0 amide bonds. The molecule has 5 heteroatoms. The summed E-state index contributed by atoms with van der Waals surface area (Å²) in [5, 5.41) is 9.40. The topological polar surface area (TPSA) is 72.8 Å². The number of ether oxygens (including phenoxy) is 2. The van der Waals surface area contributed by atoms with E-state index >= 15 is 0 Å². The molecule has 1 N–H and O–H groups in total. The Morgan fingerprint density at radius 1 is 1.45 bits per heavy atom. The fourth-order valence-corrected chi connectivity index (χ4v) is 2.80. The molecule has 2 aliphatic rings. The van der Waals surface area contributed by atoms with Crippen molar-refractivity contribution in [1.29, 1.82) is 0 Å². The normalized spacial score (nSPS) is 30.5. The fourth-order valence-electron chi connectivity index (χ4n) is 2.80. The largest absolute Gasteiger partial charge is 0.461 e. The third-order valence-electron chi connectivity index (χ3n) is 4.09. The van der Waals surface area contributed by atoms with Gasteiger partial charge in [-0.25, -0.2) is 4.79 Å². The lowest BCUT2D eigenvalue weighted by Gasteiger charge is -2.19. The number of fused-ring (bicyclic) bond motifs is 1. The van der Waals surface area contributed by atoms with Crippen molar-refractivity contribution in [3.8, 4) is 0 Å². The van der Waals surface area contributed by atoms with Crippen LogP contribution >= 0.6 is 0 Å². The van der Waals surface area contributed by atoms with Gasteiger partial charge in [0.15, 0.2) is 0 Å². The summed E-state index contributed by atoms with van der Waals surface area (Å²) in [7, 11) is 0. The van der Waals surface area contributed by atoms with Crippen LogP contribution in [0.25, 0.3) is 0 Å². The summed E-state index contributed by atoms with van der Waals surface area (Å²) in [6.45, 7) is 5.41. The van der Waals surface area contributed by atoms with E-state index in [-0.39, 0.29) is 37.2 Å². The lowest BCUT2D eigenvalue weighted by atomic mass is 9.88. The highest BCUT2D eigenvalue weighted by Crippen LogP contribution is 2.34. The van der Waals surface area contributed by atoms with Gasteiger partial charge >= 0.3 is 11.9 Å². The fraction of sp³-hybridized carbons (Fsp3) is 0.529. The van der Waals surface area contributed by atoms with Crippen LogP contribution < -0.4 is 0 Å². The van der Waals surface area contributed by atoms with Gasteiger partial charge in [0.25, 0.3) is 0 Å². The van der Waals surface area contributed by atoms with E-state index in [1.807, 2.05) is 12.2 Å². The van der Waals surface area contributed by atoms with Crippen molar-refractivity contribution in [3.63, 3.8) is 0 Å². The van der Waals surface area contributed by atoms with Crippen LogP contribution in [0.5, 0.6) is 0 Å². The minimum atomic E-state index is -0.369. The zero-order valence-electron chi connectivity index (χ0n) is 12.8. The summed E-state index contributed by atoms with van der Waals surface area (Å²) >= 11 is 0. The van der Waals surface area contributed by atoms with Gasteiger partial charge in [0.05, 0.1) is 6.61 Å². The molecule has 0 bridgehead atoms. The molecule has 120 valence electrons. The third kappa shape index (κ3) is 4.07. The van der Waals surface area contributed by atoms with Gasteiger partial charge in [-0.15, -0.1) is 0 Å². The molecule has 0 aromatic heterocycles. The number of rotatable bonds is 3. The summed E-state index contributed by atoms with van der Waals surface area (Å²) in [5.41, 5.74) is 2.36. The summed E-state index contributed by atoms with van der Waals surface area (Å²) < 4.78 is 10.4. The lowest BCUT2D eigenvalue weighted by Crippen LogP contribution is -2.17. The zero-order valence-corrected chi connectivity index (χ0v) is 12.8. The smallest absolute Gasteiger partial charge is 0.334 e. The summed E-state index contributed by atoms with van der Waals surface area (Å²) in [6.07, 6.45) is 6.44. The van der Waals surface area contributed by atoms with Crippen molar-refractivity contribution in [2.75, 3.05) is 13.2 Å². The van der Waals surface area contributed by atoms with Crippen LogP contribution in [-0.4, -0.2) is 36.4 Å². The number of hydrogen-bond acceptors (Lipinski definition) is 5.